The van der Waals surface area contributed by atoms with Crippen LogP contribution in [0, 0.1) is 0 Å². The standard InChI is InChI=1S/C12H25N3O4/c1-4-14(5-2)7-6-13-12(18)15(8-9-19-3)10-11(16)17/h4-10H2,1-3H3,(H,13,18)(H,16,17). The maximum Gasteiger partial charge on any atom is 0.323 e. The first-order valence-electron chi connectivity index (χ1n) is 6.50. The summed E-state index contributed by atoms with van der Waals surface area (Å²) in [5.41, 5.74) is 0. The Morgan fingerprint density at radius 1 is 1.21 bits per heavy atom. The summed E-state index contributed by atoms with van der Waals surface area (Å²) in [4.78, 5) is 25.9. The second-order valence-corrected chi connectivity index (χ2v) is 4.07. The lowest BCUT2D eigenvalue weighted by atomic mass is 10.4. The lowest BCUT2D eigenvalue weighted by Gasteiger charge is -2.22. The summed E-state index contributed by atoms with van der Waals surface area (Å²) in [6.07, 6.45) is 0. The van der Waals surface area contributed by atoms with Gasteiger partial charge in [0.15, 0.2) is 0 Å². The van der Waals surface area contributed by atoms with Crippen LogP contribution < -0.4 is 5.32 Å². The third kappa shape index (κ3) is 8.39. The number of ether oxygens (including phenoxy) is 1. The molecule has 0 aliphatic carbocycles. The number of hydrogen-bond acceptors (Lipinski definition) is 4. The van der Waals surface area contributed by atoms with E-state index in [0.29, 0.717) is 13.2 Å². The van der Waals surface area contributed by atoms with Crippen LogP contribution in [0.15, 0.2) is 0 Å². The van der Waals surface area contributed by atoms with Crippen molar-refractivity contribution in [2.75, 3.05) is 53.0 Å². The Morgan fingerprint density at radius 3 is 2.32 bits per heavy atom. The van der Waals surface area contributed by atoms with E-state index >= 15 is 0 Å². The lowest BCUT2D eigenvalue weighted by Crippen LogP contribution is -2.46. The Kier molecular flexibility index (Phi) is 9.82. The number of urea groups is 1. The molecule has 0 bridgehead atoms. The average Bonchev–Trinajstić information content (AvgIpc) is 2.39. The fourth-order valence-electron chi connectivity index (χ4n) is 1.59. The number of hydrogen-bond donors (Lipinski definition) is 2. The minimum atomic E-state index is -1.03. The minimum Gasteiger partial charge on any atom is -0.480 e. The van der Waals surface area contributed by atoms with Crippen molar-refractivity contribution in [3.05, 3.63) is 0 Å². The molecule has 0 rings (SSSR count). The van der Waals surface area contributed by atoms with Crippen molar-refractivity contribution in [2.24, 2.45) is 0 Å². The number of nitrogens with zero attached hydrogens (tertiary/aromatic N) is 2. The normalized spacial score (nSPS) is 10.5. The summed E-state index contributed by atoms with van der Waals surface area (Å²) < 4.78 is 4.86. The molecule has 0 unspecified atom stereocenters. The average molecular weight is 275 g/mol. The van der Waals surface area contributed by atoms with E-state index in [2.05, 4.69) is 24.1 Å². The number of carbonyl (C=O) groups excluding carboxylic acids is 1. The van der Waals surface area contributed by atoms with Crippen LogP contribution in [-0.4, -0.2) is 79.9 Å². The highest BCUT2D eigenvalue weighted by atomic mass is 16.5. The molecule has 0 aliphatic rings. The molecule has 0 saturated carbocycles. The summed E-state index contributed by atoms with van der Waals surface area (Å²) in [7, 11) is 1.51. The van der Waals surface area contributed by atoms with Crippen LogP contribution >= 0.6 is 0 Å². The van der Waals surface area contributed by atoms with Crippen LogP contribution in [-0.2, 0) is 9.53 Å². The summed E-state index contributed by atoms with van der Waals surface area (Å²) in [5.74, 6) is -1.03. The Hall–Kier alpha value is -1.34. The van der Waals surface area contributed by atoms with Crippen molar-refractivity contribution in [2.45, 2.75) is 13.8 Å². The third-order valence-corrected chi connectivity index (χ3v) is 2.78. The first-order chi connectivity index (χ1) is 9.04. The molecule has 7 heteroatoms. The van der Waals surface area contributed by atoms with Crippen molar-refractivity contribution >= 4 is 12.0 Å². The number of carboxylic acid groups (broad SMARTS) is 1. The van der Waals surface area contributed by atoms with E-state index in [1.807, 2.05) is 0 Å². The van der Waals surface area contributed by atoms with Gasteiger partial charge in [-0.1, -0.05) is 13.8 Å². The van der Waals surface area contributed by atoms with Crippen LogP contribution in [0.5, 0.6) is 0 Å². The summed E-state index contributed by atoms with van der Waals surface area (Å²) >= 11 is 0. The highest BCUT2D eigenvalue weighted by Gasteiger charge is 2.15. The minimum absolute atomic E-state index is 0.264. The molecule has 0 aromatic heterocycles. The maximum absolute atomic E-state index is 11.8. The van der Waals surface area contributed by atoms with Gasteiger partial charge >= 0.3 is 12.0 Å². The molecule has 2 N–H and O–H groups in total. The summed E-state index contributed by atoms with van der Waals surface area (Å²) in [6.45, 7) is 7.48. The smallest absolute Gasteiger partial charge is 0.323 e. The SMILES string of the molecule is CCN(CC)CCNC(=O)N(CCOC)CC(=O)O. The van der Waals surface area contributed by atoms with Crippen LogP contribution in [0.1, 0.15) is 13.8 Å². The molecule has 0 aliphatic heterocycles. The van der Waals surface area contributed by atoms with Gasteiger partial charge in [0.25, 0.3) is 0 Å². The van der Waals surface area contributed by atoms with E-state index in [0.717, 1.165) is 19.6 Å². The van der Waals surface area contributed by atoms with E-state index in [-0.39, 0.29) is 19.1 Å². The van der Waals surface area contributed by atoms with Gasteiger partial charge in [-0.05, 0) is 13.1 Å². The number of carbonyl (C=O) groups is 2. The van der Waals surface area contributed by atoms with Gasteiger partial charge in [-0.2, -0.15) is 0 Å². The Bertz CT molecular complexity index is 270. The highest BCUT2D eigenvalue weighted by molar-refractivity contribution is 5.80. The number of amides is 2. The lowest BCUT2D eigenvalue weighted by molar-refractivity contribution is -0.137. The van der Waals surface area contributed by atoms with E-state index in [1.54, 1.807) is 0 Å². The largest absolute Gasteiger partial charge is 0.480 e. The van der Waals surface area contributed by atoms with Gasteiger partial charge in [-0.3, -0.25) is 4.79 Å². The quantitative estimate of drug-likeness (QED) is 0.589. The predicted octanol–water partition coefficient (Wildman–Crippen LogP) is 0.0708. The fraction of sp³-hybridized carbons (Fsp3) is 0.833. The zero-order valence-corrected chi connectivity index (χ0v) is 12.0. The second kappa shape index (κ2) is 10.6. The number of likely N-dealkylation sites (N-methyl/N-ethyl adjacent to an activating group) is 1. The molecule has 0 radical (unpaired) electrons. The maximum atomic E-state index is 11.8. The van der Waals surface area contributed by atoms with Gasteiger partial charge in [-0.25, -0.2) is 4.79 Å². The molecule has 0 aromatic rings. The van der Waals surface area contributed by atoms with E-state index in [4.69, 9.17) is 9.84 Å². The van der Waals surface area contributed by atoms with Crippen molar-refractivity contribution < 1.29 is 19.4 Å². The number of rotatable bonds is 10. The number of aliphatic carboxylic acids is 1. The molecule has 0 aromatic carbocycles. The molecular formula is C12H25N3O4. The third-order valence-electron chi connectivity index (χ3n) is 2.78. The Balaban J connectivity index is 4.12. The summed E-state index contributed by atoms with van der Waals surface area (Å²) in [5, 5.41) is 11.5. The monoisotopic (exact) mass is 275 g/mol. The molecule has 19 heavy (non-hydrogen) atoms. The molecule has 2 amide bonds. The van der Waals surface area contributed by atoms with E-state index in [9.17, 15) is 9.59 Å². The molecule has 112 valence electrons. The van der Waals surface area contributed by atoms with Gasteiger partial charge in [-0.15, -0.1) is 0 Å². The number of carboxylic acids is 1. The zero-order chi connectivity index (χ0) is 14.7. The molecular weight excluding hydrogens is 250 g/mol. The van der Waals surface area contributed by atoms with Gasteiger partial charge in [0, 0.05) is 26.7 Å². The molecule has 0 atom stereocenters. The summed E-state index contributed by atoms with van der Waals surface area (Å²) in [6, 6.07) is -0.369. The van der Waals surface area contributed by atoms with Crippen LogP contribution in [0.3, 0.4) is 0 Å². The number of nitrogens with one attached hydrogen (secondary N) is 1. The number of methoxy groups -OCH3 is 1. The van der Waals surface area contributed by atoms with Crippen molar-refractivity contribution in [1.29, 1.82) is 0 Å². The molecule has 0 fully saturated rings. The topological polar surface area (TPSA) is 82.1 Å². The Labute approximate surface area is 114 Å². The second-order valence-electron chi connectivity index (χ2n) is 4.07. The highest BCUT2D eigenvalue weighted by Crippen LogP contribution is 1.91. The van der Waals surface area contributed by atoms with Crippen LogP contribution in [0.4, 0.5) is 4.79 Å². The van der Waals surface area contributed by atoms with Crippen molar-refractivity contribution in [3.63, 3.8) is 0 Å². The van der Waals surface area contributed by atoms with Crippen LogP contribution in [0.2, 0.25) is 0 Å². The molecule has 0 heterocycles. The Morgan fingerprint density at radius 2 is 1.84 bits per heavy atom. The first kappa shape index (κ1) is 17.7. The van der Waals surface area contributed by atoms with E-state index < -0.39 is 5.97 Å². The van der Waals surface area contributed by atoms with Gasteiger partial charge in [0.2, 0.25) is 0 Å². The van der Waals surface area contributed by atoms with Crippen LogP contribution in [0.25, 0.3) is 0 Å². The predicted molar refractivity (Wildman–Crippen MR) is 72.3 cm³/mol. The van der Waals surface area contributed by atoms with Crippen molar-refractivity contribution in [1.82, 2.24) is 15.1 Å². The fourth-order valence-corrected chi connectivity index (χ4v) is 1.59. The first-order valence-corrected chi connectivity index (χ1v) is 6.50. The van der Waals surface area contributed by atoms with Gasteiger partial charge < -0.3 is 25.0 Å². The van der Waals surface area contributed by atoms with E-state index in [1.165, 1.54) is 12.0 Å². The van der Waals surface area contributed by atoms with Gasteiger partial charge in [0.1, 0.15) is 6.54 Å². The zero-order valence-electron chi connectivity index (χ0n) is 12.0. The molecule has 0 spiro atoms. The molecule has 7 nitrogen and oxygen atoms in total. The van der Waals surface area contributed by atoms with Gasteiger partial charge in [0.05, 0.1) is 6.61 Å². The van der Waals surface area contributed by atoms with Crippen molar-refractivity contribution in [3.8, 4) is 0 Å². The molecule has 0 saturated heterocycles.